The topological polar surface area (TPSA) is 9.23 Å². The maximum Gasteiger partial charge on any atom is 0.261 e. The quantitative estimate of drug-likeness (QED) is 0.648. The van der Waals surface area contributed by atoms with Crippen LogP contribution in [0.1, 0.15) is 34.6 Å². The van der Waals surface area contributed by atoms with Crippen LogP contribution < -0.4 is 0 Å². The molecule has 1 nitrogen and oxygen atoms in total. The van der Waals surface area contributed by atoms with E-state index in [1.165, 1.54) is 0 Å². The number of hydrogen-bond acceptors (Lipinski definition) is 1. The fourth-order valence-corrected chi connectivity index (χ4v) is 0.488. The fraction of sp³-hybridized carbons (Fsp3) is 1.00. The lowest BCUT2D eigenvalue weighted by Gasteiger charge is -2.38. The average molecular weight is 180 g/mol. The summed E-state index contributed by atoms with van der Waals surface area (Å²) in [6.07, 6.45) is -2.38. The van der Waals surface area contributed by atoms with Crippen molar-refractivity contribution in [2.75, 3.05) is 6.61 Å². The van der Waals surface area contributed by atoms with E-state index in [0.29, 0.717) is 0 Å². The van der Waals surface area contributed by atoms with E-state index in [1.54, 1.807) is 0 Å². The van der Waals surface area contributed by atoms with E-state index in [1.807, 2.05) is 34.6 Å². The van der Waals surface area contributed by atoms with E-state index in [9.17, 15) is 8.78 Å². The number of ether oxygens (including phenoxy) is 1. The van der Waals surface area contributed by atoms with Crippen molar-refractivity contribution in [1.29, 1.82) is 0 Å². The summed E-state index contributed by atoms with van der Waals surface area (Å²) in [5, 5.41) is 0. The Bertz CT molecular complexity index is 136. The summed E-state index contributed by atoms with van der Waals surface area (Å²) in [6.45, 7) is 9.09. The normalized spacial score (nSPS) is 14.0. The Balaban J connectivity index is 4.05. The van der Waals surface area contributed by atoms with Crippen LogP contribution in [0.25, 0.3) is 0 Å². The molecular weight excluding hydrogens is 162 g/mol. The van der Waals surface area contributed by atoms with Crippen LogP contribution in [0.2, 0.25) is 0 Å². The van der Waals surface area contributed by atoms with Gasteiger partial charge in [0.05, 0.1) is 5.60 Å². The minimum absolute atomic E-state index is 0.123. The van der Waals surface area contributed by atoms with Crippen molar-refractivity contribution in [2.24, 2.45) is 5.41 Å². The number of alkyl halides is 2. The van der Waals surface area contributed by atoms with E-state index in [0.717, 1.165) is 0 Å². The van der Waals surface area contributed by atoms with Gasteiger partial charge in [-0.15, -0.1) is 0 Å². The first kappa shape index (κ1) is 11.8. The van der Waals surface area contributed by atoms with Crippen LogP contribution in [0.3, 0.4) is 0 Å². The molecule has 0 N–H and O–H groups in total. The molecule has 0 amide bonds. The monoisotopic (exact) mass is 180 g/mol. The smallest absolute Gasteiger partial charge is 0.261 e. The first-order valence-electron chi connectivity index (χ1n) is 4.09. The summed E-state index contributed by atoms with van der Waals surface area (Å²) in [4.78, 5) is 0. The molecule has 0 aliphatic heterocycles. The minimum Gasteiger partial charge on any atom is -0.369 e. The van der Waals surface area contributed by atoms with Crippen LogP contribution >= 0.6 is 0 Å². The minimum atomic E-state index is -2.38. The predicted molar refractivity (Wildman–Crippen MR) is 45.5 cm³/mol. The van der Waals surface area contributed by atoms with Crippen molar-refractivity contribution in [3.63, 3.8) is 0 Å². The fourth-order valence-electron chi connectivity index (χ4n) is 0.488. The zero-order valence-corrected chi connectivity index (χ0v) is 8.45. The van der Waals surface area contributed by atoms with Gasteiger partial charge in [-0.1, -0.05) is 20.8 Å². The largest absolute Gasteiger partial charge is 0.369 e. The zero-order valence-electron chi connectivity index (χ0n) is 8.45. The van der Waals surface area contributed by atoms with Gasteiger partial charge in [-0.3, -0.25) is 0 Å². The van der Waals surface area contributed by atoms with Gasteiger partial charge in [-0.2, -0.15) is 0 Å². The highest BCUT2D eigenvalue weighted by atomic mass is 19.3. The second kappa shape index (κ2) is 3.69. The molecule has 0 rings (SSSR count). The molecule has 0 aliphatic rings. The molecule has 0 heterocycles. The number of hydrogen-bond donors (Lipinski definition) is 0. The van der Waals surface area contributed by atoms with Gasteiger partial charge in [0.15, 0.2) is 0 Å². The van der Waals surface area contributed by atoms with Crippen LogP contribution in [0.4, 0.5) is 8.78 Å². The summed E-state index contributed by atoms with van der Waals surface area (Å²) >= 11 is 0. The maximum absolute atomic E-state index is 11.8. The Hall–Kier alpha value is -0.180. The van der Waals surface area contributed by atoms with Gasteiger partial charge in [0.1, 0.15) is 6.61 Å². The number of rotatable bonds is 3. The molecule has 0 bridgehead atoms. The Labute approximate surface area is 73.1 Å². The van der Waals surface area contributed by atoms with E-state index < -0.39 is 18.6 Å². The third-order valence-electron chi connectivity index (χ3n) is 2.38. The van der Waals surface area contributed by atoms with Gasteiger partial charge >= 0.3 is 0 Å². The third-order valence-corrected chi connectivity index (χ3v) is 2.38. The van der Waals surface area contributed by atoms with Crippen LogP contribution in [-0.2, 0) is 4.74 Å². The molecule has 3 heteroatoms. The van der Waals surface area contributed by atoms with Gasteiger partial charge in [0.2, 0.25) is 0 Å². The Kier molecular flexibility index (Phi) is 3.63. The van der Waals surface area contributed by atoms with Crippen molar-refractivity contribution in [3.8, 4) is 0 Å². The summed E-state index contributed by atoms with van der Waals surface area (Å²) in [5.74, 6) is 0. The summed E-state index contributed by atoms with van der Waals surface area (Å²) in [5.41, 5.74) is -0.634. The average Bonchev–Trinajstić information content (AvgIpc) is 1.81. The summed E-state index contributed by atoms with van der Waals surface area (Å²) in [7, 11) is 0. The molecule has 0 spiro atoms. The van der Waals surface area contributed by atoms with Gasteiger partial charge in [-0.05, 0) is 19.3 Å². The molecule has 0 fully saturated rings. The molecule has 0 saturated carbocycles. The van der Waals surface area contributed by atoms with E-state index in [4.69, 9.17) is 4.74 Å². The molecule has 0 aromatic heterocycles. The lowest BCUT2D eigenvalue weighted by atomic mass is 9.79. The highest BCUT2D eigenvalue weighted by Crippen LogP contribution is 2.32. The molecule has 0 aromatic carbocycles. The van der Waals surface area contributed by atoms with Gasteiger partial charge in [-0.25, -0.2) is 8.78 Å². The first-order chi connectivity index (χ1) is 5.17. The van der Waals surface area contributed by atoms with Crippen molar-refractivity contribution in [2.45, 2.75) is 46.6 Å². The predicted octanol–water partition coefficient (Wildman–Crippen LogP) is 3.09. The standard InChI is InChI=1S/C9H18F2O/c1-8(2,3)9(4,5)12-6-7(10)11/h7H,6H2,1-5H3. The zero-order chi connectivity index (χ0) is 9.99. The highest BCUT2D eigenvalue weighted by Gasteiger charge is 2.34. The molecule has 0 radical (unpaired) electrons. The van der Waals surface area contributed by atoms with Crippen molar-refractivity contribution in [3.05, 3.63) is 0 Å². The van der Waals surface area contributed by atoms with E-state index in [-0.39, 0.29) is 5.41 Å². The van der Waals surface area contributed by atoms with Crippen LogP contribution in [0.15, 0.2) is 0 Å². The first-order valence-corrected chi connectivity index (χ1v) is 4.09. The highest BCUT2D eigenvalue weighted by molar-refractivity contribution is 4.83. The van der Waals surface area contributed by atoms with Crippen LogP contribution in [0, 0.1) is 5.41 Å². The van der Waals surface area contributed by atoms with Crippen molar-refractivity contribution < 1.29 is 13.5 Å². The lowest BCUT2D eigenvalue weighted by molar-refractivity contribution is -0.122. The molecule has 0 unspecified atom stereocenters. The molecule has 0 atom stereocenters. The van der Waals surface area contributed by atoms with Gasteiger partial charge in [0, 0.05) is 0 Å². The summed E-state index contributed by atoms with van der Waals surface area (Å²) in [6, 6.07) is 0. The molecular formula is C9H18F2O. The van der Waals surface area contributed by atoms with E-state index >= 15 is 0 Å². The second-order valence-corrected chi connectivity index (χ2v) is 4.46. The van der Waals surface area contributed by atoms with Crippen LogP contribution in [-0.4, -0.2) is 18.6 Å². The van der Waals surface area contributed by atoms with Crippen molar-refractivity contribution in [1.82, 2.24) is 0 Å². The maximum atomic E-state index is 11.8. The number of halogens is 2. The molecule has 74 valence electrons. The molecule has 0 saturated heterocycles. The van der Waals surface area contributed by atoms with Crippen molar-refractivity contribution >= 4 is 0 Å². The SMILES string of the molecule is CC(C)(C)C(C)(C)OCC(F)F. The van der Waals surface area contributed by atoms with Gasteiger partial charge < -0.3 is 4.74 Å². The molecule has 0 aliphatic carbocycles. The Morgan fingerprint density at radius 2 is 1.50 bits per heavy atom. The van der Waals surface area contributed by atoms with Crippen LogP contribution in [0.5, 0.6) is 0 Å². The third kappa shape index (κ3) is 3.48. The Morgan fingerprint density at radius 3 is 1.75 bits per heavy atom. The Morgan fingerprint density at radius 1 is 1.08 bits per heavy atom. The van der Waals surface area contributed by atoms with Gasteiger partial charge in [0.25, 0.3) is 6.43 Å². The lowest BCUT2D eigenvalue weighted by Crippen LogP contribution is -2.40. The second-order valence-electron chi connectivity index (χ2n) is 4.46. The summed E-state index contributed by atoms with van der Waals surface area (Å²) < 4.78 is 28.8. The molecule has 0 aromatic rings. The van der Waals surface area contributed by atoms with E-state index in [2.05, 4.69) is 0 Å². The molecule has 12 heavy (non-hydrogen) atoms.